The van der Waals surface area contributed by atoms with Crippen molar-refractivity contribution in [3.8, 4) is 0 Å². The second-order valence-electron chi connectivity index (χ2n) is 5.23. The lowest BCUT2D eigenvalue weighted by Gasteiger charge is -2.36. The molecule has 0 bridgehead atoms. The van der Waals surface area contributed by atoms with Gasteiger partial charge in [-0.1, -0.05) is 6.07 Å². The summed E-state index contributed by atoms with van der Waals surface area (Å²) in [5, 5.41) is 5.09. The van der Waals surface area contributed by atoms with Gasteiger partial charge >= 0.3 is 0 Å². The molecule has 1 aromatic heterocycles. The molecule has 2 heterocycles. The van der Waals surface area contributed by atoms with E-state index >= 15 is 0 Å². The van der Waals surface area contributed by atoms with Gasteiger partial charge in [0.25, 0.3) is 0 Å². The van der Waals surface area contributed by atoms with Gasteiger partial charge in [-0.25, -0.2) is 0 Å². The number of amides is 1. The first-order chi connectivity index (χ1) is 9.06. The summed E-state index contributed by atoms with van der Waals surface area (Å²) < 4.78 is 5.57. The second-order valence-corrected chi connectivity index (χ2v) is 6.21. The summed E-state index contributed by atoms with van der Waals surface area (Å²) in [6.45, 7) is 8.14. The largest absolute Gasteiger partial charge is 0.376 e. The molecule has 1 saturated heterocycles. The van der Waals surface area contributed by atoms with Crippen LogP contribution in [-0.4, -0.2) is 42.6 Å². The van der Waals surface area contributed by atoms with Gasteiger partial charge in [0, 0.05) is 17.5 Å². The van der Waals surface area contributed by atoms with E-state index in [0.717, 1.165) is 6.54 Å². The average Bonchev–Trinajstić information content (AvgIpc) is 2.87. The fraction of sp³-hybridized carbons (Fsp3) is 0.643. The van der Waals surface area contributed by atoms with Gasteiger partial charge in [-0.05, 0) is 32.2 Å². The minimum absolute atomic E-state index is 0.0845. The number of rotatable bonds is 4. The number of carbonyl (C=O) groups excluding carboxylic acids is 1. The molecule has 19 heavy (non-hydrogen) atoms. The molecule has 3 unspecified atom stereocenters. The Morgan fingerprint density at radius 2 is 2.42 bits per heavy atom. The highest BCUT2D eigenvalue weighted by Gasteiger charge is 2.25. The number of carbonyl (C=O) groups is 1. The summed E-state index contributed by atoms with van der Waals surface area (Å²) in [4.78, 5) is 15.5. The Bertz CT molecular complexity index is 408. The molecule has 0 saturated carbocycles. The normalized spacial score (nSPS) is 26.1. The summed E-state index contributed by atoms with van der Waals surface area (Å²) >= 11 is 1.67. The van der Waals surface area contributed by atoms with Gasteiger partial charge in [0.05, 0.1) is 25.3 Å². The lowest BCUT2D eigenvalue weighted by Crippen LogP contribution is -2.51. The van der Waals surface area contributed by atoms with Crippen molar-refractivity contribution in [3.63, 3.8) is 0 Å². The number of nitrogens with zero attached hydrogens (tertiary/aromatic N) is 1. The van der Waals surface area contributed by atoms with E-state index in [0.29, 0.717) is 19.2 Å². The Hall–Kier alpha value is -0.910. The van der Waals surface area contributed by atoms with Crippen LogP contribution in [0.5, 0.6) is 0 Å². The molecule has 1 aliphatic rings. The van der Waals surface area contributed by atoms with Crippen LogP contribution >= 0.6 is 11.3 Å². The summed E-state index contributed by atoms with van der Waals surface area (Å²) in [7, 11) is 0. The van der Waals surface area contributed by atoms with Crippen LogP contribution in [0.1, 0.15) is 31.7 Å². The third-order valence-corrected chi connectivity index (χ3v) is 4.49. The topological polar surface area (TPSA) is 41.6 Å². The lowest BCUT2D eigenvalue weighted by molar-refractivity contribution is -0.126. The molecule has 1 aromatic rings. The van der Waals surface area contributed by atoms with Crippen molar-refractivity contribution in [1.82, 2.24) is 10.2 Å². The zero-order chi connectivity index (χ0) is 13.8. The molecule has 0 radical (unpaired) electrons. The number of hydrogen-bond donors (Lipinski definition) is 1. The van der Waals surface area contributed by atoms with Crippen LogP contribution < -0.4 is 5.32 Å². The maximum atomic E-state index is 12.1. The fourth-order valence-electron chi connectivity index (χ4n) is 2.27. The SMILES string of the molecule is CC1CN(CC(=O)NC(C)c2cccs2)C(C)CO1. The van der Waals surface area contributed by atoms with Crippen LogP contribution in [0.3, 0.4) is 0 Å². The maximum Gasteiger partial charge on any atom is 0.234 e. The van der Waals surface area contributed by atoms with Gasteiger partial charge in [0.1, 0.15) is 0 Å². The standard InChI is InChI=1S/C14H22N2O2S/c1-10-9-18-11(2)7-16(10)8-14(17)15-12(3)13-5-4-6-19-13/h4-6,10-12H,7-9H2,1-3H3,(H,15,17). The molecule has 106 valence electrons. The van der Waals surface area contributed by atoms with E-state index in [2.05, 4.69) is 23.2 Å². The Morgan fingerprint density at radius 1 is 1.63 bits per heavy atom. The van der Waals surface area contributed by atoms with Crippen LogP contribution in [0.4, 0.5) is 0 Å². The lowest BCUT2D eigenvalue weighted by atomic mass is 10.2. The molecule has 1 fully saturated rings. The van der Waals surface area contributed by atoms with Gasteiger partial charge in [0.2, 0.25) is 5.91 Å². The zero-order valence-corrected chi connectivity index (χ0v) is 12.6. The molecule has 5 heteroatoms. The molecule has 3 atom stereocenters. The van der Waals surface area contributed by atoms with Crippen LogP contribution in [0, 0.1) is 0 Å². The van der Waals surface area contributed by atoms with Gasteiger partial charge in [-0.2, -0.15) is 0 Å². The van der Waals surface area contributed by atoms with E-state index in [1.54, 1.807) is 11.3 Å². The Balaban J connectivity index is 1.83. The number of hydrogen-bond acceptors (Lipinski definition) is 4. The summed E-state index contributed by atoms with van der Waals surface area (Å²) in [6.07, 6.45) is 0.207. The van der Waals surface area contributed by atoms with Crippen molar-refractivity contribution in [1.29, 1.82) is 0 Å². The van der Waals surface area contributed by atoms with Crippen molar-refractivity contribution >= 4 is 17.2 Å². The molecule has 0 aliphatic carbocycles. The van der Waals surface area contributed by atoms with E-state index in [1.165, 1.54) is 4.88 Å². The van der Waals surface area contributed by atoms with Crippen molar-refractivity contribution < 1.29 is 9.53 Å². The molecular formula is C14H22N2O2S. The molecule has 1 N–H and O–H groups in total. The van der Waals surface area contributed by atoms with Crippen molar-refractivity contribution in [2.45, 2.75) is 39.0 Å². The predicted octanol–water partition coefficient (Wildman–Crippen LogP) is 2.03. The van der Waals surface area contributed by atoms with E-state index in [4.69, 9.17) is 4.74 Å². The van der Waals surface area contributed by atoms with Crippen LogP contribution in [-0.2, 0) is 9.53 Å². The van der Waals surface area contributed by atoms with E-state index in [-0.39, 0.29) is 18.1 Å². The minimum atomic E-state index is 0.0845. The maximum absolute atomic E-state index is 12.1. The summed E-state index contributed by atoms with van der Waals surface area (Å²) in [5.41, 5.74) is 0. The van der Waals surface area contributed by atoms with Gasteiger partial charge in [-0.15, -0.1) is 11.3 Å². The zero-order valence-electron chi connectivity index (χ0n) is 11.8. The number of nitrogens with one attached hydrogen (secondary N) is 1. The highest BCUT2D eigenvalue weighted by molar-refractivity contribution is 7.10. The highest BCUT2D eigenvalue weighted by atomic mass is 32.1. The van der Waals surface area contributed by atoms with E-state index < -0.39 is 0 Å². The molecule has 1 amide bonds. The van der Waals surface area contributed by atoms with Crippen molar-refractivity contribution in [2.75, 3.05) is 19.7 Å². The fourth-order valence-corrected chi connectivity index (χ4v) is 3.01. The first-order valence-electron chi connectivity index (χ1n) is 6.74. The Labute approximate surface area is 118 Å². The van der Waals surface area contributed by atoms with Gasteiger partial charge in [-0.3, -0.25) is 9.69 Å². The summed E-state index contributed by atoms with van der Waals surface area (Å²) in [5.74, 6) is 0.0850. The van der Waals surface area contributed by atoms with Gasteiger partial charge in [0.15, 0.2) is 0 Å². The number of thiophene rings is 1. The molecule has 0 spiro atoms. The van der Waals surface area contributed by atoms with Crippen LogP contribution in [0.15, 0.2) is 17.5 Å². The molecule has 1 aliphatic heterocycles. The highest BCUT2D eigenvalue weighted by Crippen LogP contribution is 2.18. The smallest absolute Gasteiger partial charge is 0.234 e. The predicted molar refractivity (Wildman–Crippen MR) is 77.3 cm³/mol. The summed E-state index contributed by atoms with van der Waals surface area (Å²) in [6, 6.07) is 4.45. The molecular weight excluding hydrogens is 260 g/mol. The minimum Gasteiger partial charge on any atom is -0.376 e. The molecule has 4 nitrogen and oxygen atoms in total. The molecule has 2 rings (SSSR count). The van der Waals surface area contributed by atoms with E-state index in [9.17, 15) is 4.79 Å². The van der Waals surface area contributed by atoms with E-state index in [1.807, 2.05) is 25.3 Å². The quantitative estimate of drug-likeness (QED) is 0.919. The second kappa shape index (κ2) is 6.50. The number of morpholine rings is 1. The third-order valence-electron chi connectivity index (χ3n) is 3.43. The molecule has 0 aromatic carbocycles. The van der Waals surface area contributed by atoms with Crippen LogP contribution in [0.25, 0.3) is 0 Å². The number of ether oxygens (including phenoxy) is 1. The first kappa shape index (κ1) is 14.5. The Kier molecular flexibility index (Phi) is 4.96. The average molecular weight is 282 g/mol. The van der Waals surface area contributed by atoms with Crippen LogP contribution in [0.2, 0.25) is 0 Å². The monoisotopic (exact) mass is 282 g/mol. The Morgan fingerprint density at radius 3 is 3.11 bits per heavy atom. The van der Waals surface area contributed by atoms with Gasteiger partial charge < -0.3 is 10.1 Å². The van der Waals surface area contributed by atoms with Crippen molar-refractivity contribution in [2.24, 2.45) is 0 Å². The first-order valence-corrected chi connectivity index (χ1v) is 7.62. The van der Waals surface area contributed by atoms with Crippen molar-refractivity contribution in [3.05, 3.63) is 22.4 Å². The third kappa shape index (κ3) is 4.03.